The summed E-state index contributed by atoms with van der Waals surface area (Å²) in [6.45, 7) is 4.01. The van der Waals surface area contributed by atoms with Crippen molar-refractivity contribution in [3.63, 3.8) is 0 Å². The Hall–Kier alpha value is -1.88. The van der Waals surface area contributed by atoms with Crippen molar-refractivity contribution in [1.29, 1.82) is 0 Å². The van der Waals surface area contributed by atoms with Crippen molar-refractivity contribution in [2.45, 2.75) is 20.5 Å². The molecule has 2 aromatic rings. The van der Waals surface area contributed by atoms with Gasteiger partial charge in [0.25, 0.3) is 0 Å². The first-order valence-corrected chi connectivity index (χ1v) is 6.27. The highest BCUT2D eigenvalue weighted by molar-refractivity contribution is 7.11. The average molecular weight is 263 g/mol. The molecule has 1 heterocycles. The molecular weight excluding hydrogens is 250 g/mol. The number of thiazole rings is 1. The highest BCUT2D eigenvalue weighted by Gasteiger charge is 2.14. The van der Waals surface area contributed by atoms with E-state index in [1.165, 1.54) is 11.3 Å². The minimum Gasteiger partial charge on any atom is -0.486 e. The van der Waals surface area contributed by atoms with Crippen molar-refractivity contribution in [1.82, 2.24) is 4.98 Å². The van der Waals surface area contributed by atoms with E-state index in [1.54, 1.807) is 6.92 Å². The van der Waals surface area contributed by atoms with E-state index >= 15 is 0 Å². The second-order valence-corrected chi connectivity index (χ2v) is 5.16. The molecule has 0 aliphatic heterocycles. The van der Waals surface area contributed by atoms with Crippen molar-refractivity contribution in [3.8, 4) is 5.75 Å². The van der Waals surface area contributed by atoms with Crippen LogP contribution in [0.3, 0.4) is 0 Å². The summed E-state index contributed by atoms with van der Waals surface area (Å²) in [4.78, 5) is 15.6. The van der Waals surface area contributed by atoms with E-state index in [2.05, 4.69) is 4.98 Å². The van der Waals surface area contributed by atoms with Crippen LogP contribution in [0.4, 0.5) is 0 Å². The summed E-state index contributed by atoms with van der Waals surface area (Å²) < 4.78 is 5.63. The van der Waals surface area contributed by atoms with Crippen molar-refractivity contribution in [3.05, 3.63) is 45.4 Å². The summed E-state index contributed by atoms with van der Waals surface area (Å²) in [7, 11) is 0. The summed E-state index contributed by atoms with van der Waals surface area (Å²) in [6, 6.07) is 7.69. The van der Waals surface area contributed by atoms with Gasteiger partial charge in [-0.25, -0.2) is 9.78 Å². The molecule has 1 aromatic carbocycles. The zero-order chi connectivity index (χ0) is 13.1. The zero-order valence-electron chi connectivity index (χ0n) is 10.1. The quantitative estimate of drug-likeness (QED) is 0.921. The molecule has 0 saturated heterocycles. The number of nitrogens with zero attached hydrogens (tertiary/aromatic N) is 1. The lowest BCUT2D eigenvalue weighted by Gasteiger charge is -2.06. The summed E-state index contributed by atoms with van der Waals surface area (Å²) in [5, 5.41) is 9.59. The minimum absolute atomic E-state index is 0.114. The minimum atomic E-state index is -0.995. The molecule has 2 rings (SSSR count). The lowest BCUT2D eigenvalue weighted by Crippen LogP contribution is -2.00. The molecule has 0 spiro atoms. The average Bonchev–Trinajstić information content (AvgIpc) is 2.70. The van der Waals surface area contributed by atoms with Gasteiger partial charge in [0.15, 0.2) is 5.69 Å². The van der Waals surface area contributed by atoms with Gasteiger partial charge in [0, 0.05) is 4.88 Å². The topological polar surface area (TPSA) is 59.4 Å². The van der Waals surface area contributed by atoms with E-state index in [0.29, 0.717) is 16.5 Å². The maximum atomic E-state index is 10.9. The van der Waals surface area contributed by atoms with Crippen LogP contribution in [-0.2, 0) is 6.61 Å². The first kappa shape index (κ1) is 12.6. The summed E-state index contributed by atoms with van der Waals surface area (Å²) in [6.07, 6.45) is 0. The van der Waals surface area contributed by atoms with Gasteiger partial charge < -0.3 is 9.84 Å². The van der Waals surface area contributed by atoms with Gasteiger partial charge in [-0.05, 0) is 25.5 Å². The molecule has 1 N–H and O–H groups in total. The van der Waals surface area contributed by atoms with Crippen LogP contribution in [0.2, 0.25) is 0 Å². The number of hydrogen-bond donors (Lipinski definition) is 1. The van der Waals surface area contributed by atoms with Crippen LogP contribution < -0.4 is 4.74 Å². The molecule has 0 unspecified atom stereocenters. The maximum absolute atomic E-state index is 10.9. The monoisotopic (exact) mass is 263 g/mol. The first-order valence-electron chi connectivity index (χ1n) is 5.46. The molecule has 0 radical (unpaired) electrons. The van der Waals surface area contributed by atoms with Gasteiger partial charge in [0.05, 0.1) is 0 Å². The molecule has 0 amide bonds. The van der Waals surface area contributed by atoms with Crippen LogP contribution in [0.1, 0.15) is 25.9 Å². The number of benzene rings is 1. The van der Waals surface area contributed by atoms with E-state index in [-0.39, 0.29) is 5.69 Å². The fourth-order valence-corrected chi connectivity index (χ4v) is 2.41. The molecule has 0 saturated carbocycles. The molecule has 5 heteroatoms. The van der Waals surface area contributed by atoms with Crippen molar-refractivity contribution < 1.29 is 14.6 Å². The predicted octanol–water partition coefficient (Wildman–Crippen LogP) is 3.04. The molecule has 0 aliphatic carbocycles. The van der Waals surface area contributed by atoms with Crippen LogP contribution in [0.5, 0.6) is 5.75 Å². The highest BCUT2D eigenvalue weighted by atomic mass is 32.1. The highest BCUT2D eigenvalue weighted by Crippen LogP contribution is 2.21. The summed E-state index contributed by atoms with van der Waals surface area (Å²) in [5.41, 5.74) is 1.16. The van der Waals surface area contributed by atoms with Crippen LogP contribution in [0.25, 0.3) is 0 Å². The van der Waals surface area contributed by atoms with Crippen LogP contribution in [0.15, 0.2) is 24.3 Å². The van der Waals surface area contributed by atoms with E-state index in [1.807, 2.05) is 31.2 Å². The van der Waals surface area contributed by atoms with E-state index in [0.717, 1.165) is 11.3 Å². The SMILES string of the molecule is Cc1ccccc1OCc1nc(C(=O)O)c(C)s1. The lowest BCUT2D eigenvalue weighted by atomic mass is 10.2. The normalized spacial score (nSPS) is 10.3. The molecule has 0 fully saturated rings. The van der Waals surface area contributed by atoms with Gasteiger partial charge in [-0.1, -0.05) is 18.2 Å². The Bertz CT molecular complexity index is 577. The lowest BCUT2D eigenvalue weighted by molar-refractivity contribution is 0.0690. The number of hydrogen-bond acceptors (Lipinski definition) is 4. The maximum Gasteiger partial charge on any atom is 0.355 e. The molecule has 0 atom stereocenters. The Morgan fingerprint density at radius 3 is 2.72 bits per heavy atom. The molecular formula is C13H13NO3S. The Kier molecular flexibility index (Phi) is 3.62. The number of para-hydroxylation sites is 1. The standard InChI is InChI=1S/C13H13NO3S/c1-8-5-3-4-6-10(8)17-7-11-14-12(13(15)16)9(2)18-11/h3-6H,7H2,1-2H3,(H,15,16). The fraction of sp³-hybridized carbons (Fsp3) is 0.231. The molecule has 0 aliphatic rings. The van der Waals surface area contributed by atoms with Crippen molar-refractivity contribution in [2.24, 2.45) is 0 Å². The summed E-state index contributed by atoms with van der Waals surface area (Å²) in [5.74, 6) is -0.201. The van der Waals surface area contributed by atoms with Crippen LogP contribution >= 0.6 is 11.3 Å². The Balaban J connectivity index is 2.09. The van der Waals surface area contributed by atoms with Crippen LogP contribution in [0, 0.1) is 13.8 Å². The number of carboxylic acid groups (broad SMARTS) is 1. The van der Waals surface area contributed by atoms with E-state index < -0.39 is 5.97 Å². The van der Waals surface area contributed by atoms with Gasteiger partial charge in [-0.3, -0.25) is 0 Å². The third-order valence-corrected chi connectivity index (χ3v) is 3.43. The summed E-state index contributed by atoms with van der Waals surface area (Å²) >= 11 is 1.35. The van der Waals surface area contributed by atoms with Crippen LogP contribution in [-0.4, -0.2) is 16.1 Å². The number of aromatic nitrogens is 1. The predicted molar refractivity (Wildman–Crippen MR) is 69.3 cm³/mol. The van der Waals surface area contributed by atoms with Gasteiger partial charge in [-0.2, -0.15) is 0 Å². The fourth-order valence-electron chi connectivity index (χ4n) is 1.57. The van der Waals surface area contributed by atoms with Crippen molar-refractivity contribution >= 4 is 17.3 Å². The molecule has 4 nitrogen and oxygen atoms in total. The number of ether oxygens (including phenoxy) is 1. The molecule has 1 aromatic heterocycles. The third-order valence-electron chi connectivity index (χ3n) is 2.49. The Morgan fingerprint density at radius 2 is 2.11 bits per heavy atom. The number of carbonyl (C=O) groups is 1. The first-order chi connectivity index (χ1) is 8.58. The van der Waals surface area contributed by atoms with Gasteiger partial charge in [0.2, 0.25) is 0 Å². The smallest absolute Gasteiger partial charge is 0.355 e. The van der Waals surface area contributed by atoms with Gasteiger partial charge in [-0.15, -0.1) is 11.3 Å². The van der Waals surface area contributed by atoms with E-state index in [9.17, 15) is 4.79 Å². The zero-order valence-corrected chi connectivity index (χ0v) is 11.0. The van der Waals surface area contributed by atoms with Gasteiger partial charge in [0.1, 0.15) is 17.4 Å². The Labute approximate surface area is 109 Å². The third kappa shape index (κ3) is 2.68. The number of aryl methyl sites for hydroxylation is 2. The second kappa shape index (κ2) is 5.18. The van der Waals surface area contributed by atoms with E-state index in [4.69, 9.17) is 9.84 Å². The van der Waals surface area contributed by atoms with Gasteiger partial charge >= 0.3 is 5.97 Å². The molecule has 94 valence electrons. The number of rotatable bonds is 4. The second-order valence-electron chi connectivity index (χ2n) is 3.87. The molecule has 0 bridgehead atoms. The largest absolute Gasteiger partial charge is 0.486 e. The number of carboxylic acids is 1. The van der Waals surface area contributed by atoms with Crippen molar-refractivity contribution in [2.75, 3.05) is 0 Å². The molecule has 18 heavy (non-hydrogen) atoms. The number of aromatic carboxylic acids is 1. The Morgan fingerprint density at radius 1 is 1.39 bits per heavy atom.